The second-order valence-corrected chi connectivity index (χ2v) is 8.75. The third-order valence-electron chi connectivity index (χ3n) is 3.88. The Labute approximate surface area is 179 Å². The monoisotopic (exact) mass is 448 g/mol. The van der Waals surface area contributed by atoms with Gasteiger partial charge in [-0.25, -0.2) is 9.78 Å². The van der Waals surface area contributed by atoms with Crippen LogP contribution in [0.15, 0.2) is 45.5 Å². The summed E-state index contributed by atoms with van der Waals surface area (Å²) in [7, 11) is 0. The van der Waals surface area contributed by atoms with Crippen molar-refractivity contribution >= 4 is 56.6 Å². The van der Waals surface area contributed by atoms with Crippen molar-refractivity contribution < 1.29 is 9.59 Å². The van der Waals surface area contributed by atoms with Gasteiger partial charge in [0.2, 0.25) is 5.91 Å². The SMILES string of the molecule is C=CCn1c(SCC(=O)NC(=O)NCCC)nc2scc(-c3cccs3)c2c1=O. The predicted octanol–water partition coefficient (Wildman–Crippen LogP) is 3.70. The highest BCUT2D eigenvalue weighted by Gasteiger charge is 2.18. The molecule has 0 aromatic carbocycles. The van der Waals surface area contributed by atoms with E-state index in [1.54, 1.807) is 17.4 Å². The van der Waals surface area contributed by atoms with Crippen LogP contribution in [0, 0.1) is 0 Å². The van der Waals surface area contributed by atoms with E-state index < -0.39 is 11.9 Å². The zero-order valence-electron chi connectivity index (χ0n) is 15.8. The number of hydrogen-bond donors (Lipinski definition) is 2. The predicted molar refractivity (Wildman–Crippen MR) is 120 cm³/mol. The number of nitrogens with one attached hydrogen (secondary N) is 2. The number of carbonyl (C=O) groups is 2. The first-order valence-electron chi connectivity index (χ1n) is 8.92. The highest BCUT2D eigenvalue weighted by molar-refractivity contribution is 7.99. The fourth-order valence-corrected chi connectivity index (χ4v) is 5.21. The van der Waals surface area contributed by atoms with Crippen LogP contribution in [-0.4, -0.2) is 33.8 Å². The molecule has 3 aromatic rings. The molecule has 3 aromatic heterocycles. The number of nitrogens with zero attached hydrogens (tertiary/aromatic N) is 2. The molecule has 0 spiro atoms. The fourth-order valence-electron chi connectivity index (χ4n) is 2.59. The van der Waals surface area contributed by atoms with Crippen LogP contribution >= 0.6 is 34.4 Å². The molecule has 3 heterocycles. The van der Waals surface area contributed by atoms with Gasteiger partial charge in [0.25, 0.3) is 5.56 Å². The van der Waals surface area contributed by atoms with Gasteiger partial charge < -0.3 is 5.32 Å². The molecule has 0 unspecified atom stereocenters. The summed E-state index contributed by atoms with van der Waals surface area (Å²) in [5.41, 5.74) is 0.709. The fraction of sp³-hybridized carbons (Fsp3) is 0.263. The second-order valence-electron chi connectivity index (χ2n) is 6.00. The summed E-state index contributed by atoms with van der Waals surface area (Å²) in [5.74, 6) is -0.480. The number of aromatic nitrogens is 2. The molecule has 0 aliphatic carbocycles. The van der Waals surface area contributed by atoms with Gasteiger partial charge in [-0.1, -0.05) is 30.8 Å². The van der Waals surface area contributed by atoms with E-state index in [0.29, 0.717) is 21.9 Å². The molecule has 3 rings (SSSR count). The van der Waals surface area contributed by atoms with Crippen molar-refractivity contribution in [2.75, 3.05) is 12.3 Å². The smallest absolute Gasteiger partial charge is 0.321 e. The molecule has 2 N–H and O–H groups in total. The van der Waals surface area contributed by atoms with Crippen molar-refractivity contribution in [3.05, 3.63) is 45.9 Å². The van der Waals surface area contributed by atoms with Crippen molar-refractivity contribution in [2.24, 2.45) is 0 Å². The minimum atomic E-state index is -0.525. The average molecular weight is 449 g/mol. The van der Waals surface area contributed by atoms with E-state index in [0.717, 1.165) is 28.6 Å². The number of urea groups is 1. The van der Waals surface area contributed by atoms with Crippen molar-refractivity contribution in [1.82, 2.24) is 20.2 Å². The molecule has 0 radical (unpaired) electrons. The summed E-state index contributed by atoms with van der Waals surface area (Å²) < 4.78 is 1.51. The third kappa shape index (κ3) is 4.95. The van der Waals surface area contributed by atoms with Gasteiger partial charge in [0.1, 0.15) is 4.83 Å². The Morgan fingerprint density at radius 2 is 2.21 bits per heavy atom. The molecular weight excluding hydrogens is 428 g/mol. The normalized spacial score (nSPS) is 10.8. The number of carbonyl (C=O) groups excluding carboxylic acids is 2. The Kier molecular flexibility index (Phi) is 7.24. The standard InChI is InChI=1S/C19H20N4O3S3/c1-3-7-20-18(26)21-14(24)11-29-19-22-16-15(17(25)23(19)8-4-2)12(10-28-16)13-6-5-9-27-13/h4-6,9-10H,2-3,7-8,11H2,1H3,(H2,20,21,24,26). The Balaban J connectivity index is 1.85. The Hall–Kier alpha value is -2.43. The number of thiophene rings is 2. The van der Waals surface area contributed by atoms with Crippen LogP contribution in [0.25, 0.3) is 20.7 Å². The minimum Gasteiger partial charge on any atom is -0.338 e. The maximum Gasteiger partial charge on any atom is 0.321 e. The molecule has 0 saturated heterocycles. The number of rotatable bonds is 8. The first kappa shape index (κ1) is 21.3. The third-order valence-corrected chi connectivity index (χ3v) is 6.63. The summed E-state index contributed by atoms with van der Waals surface area (Å²) in [4.78, 5) is 43.1. The van der Waals surface area contributed by atoms with Crippen LogP contribution in [0.1, 0.15) is 13.3 Å². The van der Waals surface area contributed by atoms with Crippen molar-refractivity contribution in [3.8, 4) is 10.4 Å². The van der Waals surface area contributed by atoms with Crippen molar-refractivity contribution in [3.63, 3.8) is 0 Å². The van der Waals surface area contributed by atoms with Gasteiger partial charge in [0.05, 0.1) is 11.1 Å². The van der Waals surface area contributed by atoms with Crippen LogP contribution in [0.2, 0.25) is 0 Å². The molecule has 0 bridgehead atoms. The molecule has 0 saturated carbocycles. The first-order chi connectivity index (χ1) is 14.0. The number of allylic oxidation sites excluding steroid dienone is 1. The lowest BCUT2D eigenvalue weighted by Crippen LogP contribution is -2.40. The van der Waals surface area contributed by atoms with Crippen LogP contribution in [0.3, 0.4) is 0 Å². The number of thioether (sulfide) groups is 1. The van der Waals surface area contributed by atoms with E-state index in [9.17, 15) is 14.4 Å². The maximum absolute atomic E-state index is 13.2. The van der Waals surface area contributed by atoms with Crippen LogP contribution in [0.4, 0.5) is 4.79 Å². The molecule has 7 nitrogen and oxygen atoms in total. The largest absolute Gasteiger partial charge is 0.338 e. The number of hydrogen-bond acceptors (Lipinski definition) is 7. The first-order valence-corrected chi connectivity index (χ1v) is 11.7. The van der Waals surface area contributed by atoms with Crippen LogP contribution in [0.5, 0.6) is 0 Å². The highest BCUT2D eigenvalue weighted by Crippen LogP contribution is 2.34. The van der Waals surface area contributed by atoms with E-state index in [4.69, 9.17) is 0 Å². The van der Waals surface area contributed by atoms with Gasteiger partial charge in [-0.05, 0) is 17.9 Å². The molecule has 29 heavy (non-hydrogen) atoms. The van der Waals surface area contributed by atoms with Crippen LogP contribution < -0.4 is 16.2 Å². The molecule has 10 heteroatoms. The Bertz CT molecular complexity index is 1090. The van der Waals surface area contributed by atoms with Gasteiger partial charge >= 0.3 is 6.03 Å². The summed E-state index contributed by atoms with van der Waals surface area (Å²) in [6.45, 7) is 6.42. The molecule has 0 aliphatic heterocycles. The van der Waals surface area contributed by atoms with E-state index in [-0.39, 0.29) is 17.9 Å². The lowest BCUT2D eigenvalue weighted by atomic mass is 10.2. The average Bonchev–Trinajstić information content (AvgIpc) is 3.36. The zero-order valence-corrected chi connectivity index (χ0v) is 18.2. The molecule has 3 amide bonds. The molecular formula is C19H20N4O3S3. The molecule has 152 valence electrons. The van der Waals surface area contributed by atoms with Gasteiger partial charge in [-0.15, -0.1) is 29.3 Å². The topological polar surface area (TPSA) is 93.1 Å². The molecule has 0 fully saturated rings. The maximum atomic E-state index is 13.2. The lowest BCUT2D eigenvalue weighted by Gasteiger charge is -2.10. The van der Waals surface area contributed by atoms with Crippen molar-refractivity contribution in [1.29, 1.82) is 0 Å². The second kappa shape index (κ2) is 9.86. The molecule has 0 atom stereocenters. The Morgan fingerprint density at radius 1 is 1.38 bits per heavy atom. The van der Waals surface area contributed by atoms with E-state index >= 15 is 0 Å². The quantitative estimate of drug-likeness (QED) is 0.311. The molecule has 0 aliphatic rings. The summed E-state index contributed by atoms with van der Waals surface area (Å²) in [6.07, 6.45) is 2.40. The van der Waals surface area contributed by atoms with Gasteiger partial charge in [-0.2, -0.15) is 0 Å². The van der Waals surface area contributed by atoms with Crippen LogP contribution in [-0.2, 0) is 11.3 Å². The summed E-state index contributed by atoms with van der Waals surface area (Å²) in [5, 5.41) is 9.75. The number of imide groups is 1. The van der Waals surface area contributed by atoms with E-state index in [2.05, 4.69) is 22.2 Å². The number of amides is 3. The van der Waals surface area contributed by atoms with Gasteiger partial charge in [0.15, 0.2) is 5.16 Å². The summed E-state index contributed by atoms with van der Waals surface area (Å²) in [6, 6.07) is 3.39. The number of fused-ring (bicyclic) bond motifs is 1. The summed E-state index contributed by atoms with van der Waals surface area (Å²) >= 11 is 4.09. The zero-order chi connectivity index (χ0) is 20.8. The van der Waals surface area contributed by atoms with E-state index in [1.807, 2.05) is 29.8 Å². The highest BCUT2D eigenvalue weighted by atomic mass is 32.2. The van der Waals surface area contributed by atoms with Gasteiger partial charge in [0, 0.05) is 28.9 Å². The van der Waals surface area contributed by atoms with E-state index in [1.165, 1.54) is 15.9 Å². The van der Waals surface area contributed by atoms with Crippen molar-refractivity contribution in [2.45, 2.75) is 25.0 Å². The van der Waals surface area contributed by atoms with Gasteiger partial charge in [-0.3, -0.25) is 19.5 Å². The lowest BCUT2D eigenvalue weighted by molar-refractivity contribution is -0.117. The Morgan fingerprint density at radius 3 is 2.90 bits per heavy atom. The minimum absolute atomic E-state index is 0.0300.